The number of ether oxygens (including phenoxy) is 2. The van der Waals surface area contributed by atoms with Crippen LogP contribution >= 0.6 is 11.6 Å². The van der Waals surface area contributed by atoms with Crippen LogP contribution in [0.25, 0.3) is 0 Å². The van der Waals surface area contributed by atoms with Gasteiger partial charge in [0.1, 0.15) is 32.8 Å². The van der Waals surface area contributed by atoms with Crippen molar-refractivity contribution in [3.8, 4) is 11.5 Å². The summed E-state index contributed by atoms with van der Waals surface area (Å²) in [7, 11) is 1.60. The molecule has 1 aromatic rings. The van der Waals surface area contributed by atoms with E-state index >= 15 is 0 Å². The largest absolute Gasteiger partial charge is 0.493 e. The first-order valence-electron chi connectivity index (χ1n) is 7.50. The van der Waals surface area contributed by atoms with Gasteiger partial charge in [-0.15, -0.1) is 0 Å². The van der Waals surface area contributed by atoms with Crippen LogP contribution in [0.4, 0.5) is 0 Å². The molecule has 0 aliphatic heterocycles. The Morgan fingerprint density at radius 1 is 1.36 bits per heavy atom. The van der Waals surface area contributed by atoms with Gasteiger partial charge in [-0.3, -0.25) is 0 Å². The topological polar surface area (TPSA) is 71.9 Å². The van der Waals surface area contributed by atoms with Gasteiger partial charge in [0.15, 0.2) is 11.5 Å². The number of halogens is 1. The third kappa shape index (κ3) is 6.66. The number of aliphatic hydroxyl groups excluding tert-OH is 1. The predicted octanol–water partition coefficient (Wildman–Crippen LogP) is -0.0790. The average molecular weight is 331 g/mol. The molecule has 0 aliphatic rings. The Balaban J connectivity index is 2.50. The molecule has 0 bridgehead atoms. The number of hydrogen-bond donors (Lipinski definition) is 3. The van der Waals surface area contributed by atoms with Gasteiger partial charge in [-0.25, -0.2) is 0 Å². The van der Waals surface area contributed by atoms with Crippen molar-refractivity contribution in [1.29, 1.82) is 0 Å². The van der Waals surface area contributed by atoms with Gasteiger partial charge in [-0.05, 0) is 19.1 Å². The first kappa shape index (κ1) is 18.8. The lowest BCUT2D eigenvalue weighted by Crippen LogP contribution is -2.95. The van der Waals surface area contributed by atoms with E-state index in [1.165, 1.54) is 0 Å². The van der Waals surface area contributed by atoms with Crippen LogP contribution in [-0.2, 0) is 6.54 Å². The van der Waals surface area contributed by atoms with Gasteiger partial charge in [0.05, 0.1) is 18.2 Å². The summed E-state index contributed by atoms with van der Waals surface area (Å²) in [5.74, 6) is 1.19. The molecule has 0 unspecified atom stereocenters. The Morgan fingerprint density at radius 2 is 2.09 bits per heavy atom. The van der Waals surface area contributed by atoms with Crippen molar-refractivity contribution < 1.29 is 25.2 Å². The van der Waals surface area contributed by atoms with E-state index in [1.54, 1.807) is 20.1 Å². The van der Waals surface area contributed by atoms with Gasteiger partial charge >= 0.3 is 0 Å². The Hall–Kier alpha value is -1.27. The van der Waals surface area contributed by atoms with E-state index in [0.29, 0.717) is 23.1 Å². The Bertz CT molecular complexity index is 467. The number of aliphatic hydroxyl groups is 1. The lowest BCUT2D eigenvalue weighted by Gasteiger charge is -2.13. The summed E-state index contributed by atoms with van der Waals surface area (Å²) in [6, 6.07) is 3.85. The van der Waals surface area contributed by atoms with E-state index in [9.17, 15) is 5.11 Å². The summed E-state index contributed by atoms with van der Waals surface area (Å²) in [5.41, 5.74) is 1.09. The molecular weight excluding hydrogens is 304 g/mol. The molecule has 0 radical (unpaired) electrons. The van der Waals surface area contributed by atoms with Crippen LogP contribution in [0.5, 0.6) is 11.5 Å². The molecule has 0 fully saturated rings. The first-order chi connectivity index (χ1) is 10.6. The first-order valence-corrected chi connectivity index (χ1v) is 7.87. The second kappa shape index (κ2) is 10.5. The molecule has 0 aliphatic carbocycles. The molecule has 1 atom stereocenters. The molecule has 6 heteroatoms. The van der Waals surface area contributed by atoms with Crippen LogP contribution in [-0.4, -0.2) is 44.6 Å². The van der Waals surface area contributed by atoms with Gasteiger partial charge < -0.3 is 25.2 Å². The van der Waals surface area contributed by atoms with Crippen molar-refractivity contribution in [3.63, 3.8) is 0 Å². The summed E-state index contributed by atoms with van der Waals surface area (Å²) >= 11 is 6.26. The summed E-state index contributed by atoms with van der Waals surface area (Å²) in [6.45, 7) is 9.31. The standard InChI is InChI=1S/C16H25ClN2O3/c1-4-7-22-16-14(17)8-13(9-15(16)21-3)11-19-6-5-18-10-12(2)20/h4,8-9,12,18-20H,1,5-7,10-11H2,2-3H3/p+2/t12-/m0/s1. The molecule has 22 heavy (non-hydrogen) atoms. The lowest BCUT2D eigenvalue weighted by atomic mass is 10.2. The zero-order valence-corrected chi connectivity index (χ0v) is 14.1. The minimum absolute atomic E-state index is 0.258. The van der Waals surface area contributed by atoms with Crippen LogP contribution in [0.3, 0.4) is 0 Å². The molecule has 5 nitrogen and oxygen atoms in total. The Kier molecular flexibility index (Phi) is 8.92. The van der Waals surface area contributed by atoms with Crippen molar-refractivity contribution in [3.05, 3.63) is 35.4 Å². The summed E-state index contributed by atoms with van der Waals surface area (Å²) in [6.07, 6.45) is 1.41. The molecule has 0 saturated heterocycles. The zero-order valence-electron chi connectivity index (χ0n) is 13.3. The van der Waals surface area contributed by atoms with Crippen LogP contribution < -0.4 is 20.1 Å². The van der Waals surface area contributed by atoms with Gasteiger partial charge in [0.2, 0.25) is 0 Å². The quantitative estimate of drug-likeness (QED) is 0.392. The van der Waals surface area contributed by atoms with Crippen molar-refractivity contribution in [2.45, 2.75) is 19.6 Å². The fourth-order valence-electron chi connectivity index (χ4n) is 2.04. The highest BCUT2D eigenvalue weighted by Gasteiger charge is 2.12. The molecule has 1 aromatic carbocycles. The molecule has 0 amide bonds. The third-order valence-electron chi connectivity index (χ3n) is 3.10. The Labute approximate surface area is 137 Å². The number of quaternary nitrogens is 2. The van der Waals surface area contributed by atoms with E-state index in [0.717, 1.165) is 31.7 Å². The van der Waals surface area contributed by atoms with E-state index in [1.807, 2.05) is 12.1 Å². The smallest absolute Gasteiger partial charge is 0.180 e. The van der Waals surface area contributed by atoms with Crippen molar-refractivity contribution >= 4 is 11.6 Å². The highest BCUT2D eigenvalue weighted by Crippen LogP contribution is 2.36. The van der Waals surface area contributed by atoms with Crippen LogP contribution in [0.1, 0.15) is 12.5 Å². The van der Waals surface area contributed by atoms with Gasteiger partial charge in [-0.2, -0.15) is 0 Å². The van der Waals surface area contributed by atoms with E-state index in [4.69, 9.17) is 21.1 Å². The van der Waals surface area contributed by atoms with Crippen molar-refractivity contribution in [2.75, 3.05) is 33.4 Å². The maximum Gasteiger partial charge on any atom is 0.180 e. The normalized spacial score (nSPS) is 12.0. The fraction of sp³-hybridized carbons (Fsp3) is 0.500. The molecular formula is C16H27ClN2O3+2. The summed E-state index contributed by atoms with van der Waals surface area (Å²) < 4.78 is 10.9. The monoisotopic (exact) mass is 330 g/mol. The molecule has 1 rings (SSSR count). The second-order valence-corrected chi connectivity index (χ2v) is 5.56. The predicted molar refractivity (Wildman–Crippen MR) is 87.5 cm³/mol. The minimum atomic E-state index is -0.258. The van der Waals surface area contributed by atoms with Crippen LogP contribution in [0, 0.1) is 0 Å². The third-order valence-corrected chi connectivity index (χ3v) is 3.38. The molecule has 0 heterocycles. The molecule has 124 valence electrons. The second-order valence-electron chi connectivity index (χ2n) is 5.15. The van der Waals surface area contributed by atoms with Crippen molar-refractivity contribution in [1.82, 2.24) is 0 Å². The van der Waals surface area contributed by atoms with E-state index < -0.39 is 0 Å². The number of rotatable bonds is 11. The molecule has 0 aromatic heterocycles. The fourth-order valence-corrected chi connectivity index (χ4v) is 2.32. The highest BCUT2D eigenvalue weighted by molar-refractivity contribution is 6.32. The molecule has 0 saturated carbocycles. The SMILES string of the molecule is C=CCOc1c(Cl)cc(C[NH2+]CC[NH2+]C[C@H](C)O)cc1OC. The summed E-state index contributed by atoms with van der Waals surface area (Å²) in [4.78, 5) is 0. The number of nitrogens with two attached hydrogens (primary N) is 2. The average Bonchev–Trinajstić information content (AvgIpc) is 2.48. The van der Waals surface area contributed by atoms with Crippen LogP contribution in [0.15, 0.2) is 24.8 Å². The number of methoxy groups -OCH3 is 1. The highest BCUT2D eigenvalue weighted by atomic mass is 35.5. The zero-order chi connectivity index (χ0) is 16.4. The van der Waals surface area contributed by atoms with Gasteiger partial charge in [0, 0.05) is 5.56 Å². The minimum Gasteiger partial charge on any atom is -0.493 e. The maximum absolute atomic E-state index is 9.17. The van der Waals surface area contributed by atoms with Gasteiger partial charge in [0.25, 0.3) is 0 Å². The lowest BCUT2D eigenvalue weighted by molar-refractivity contribution is -0.733. The summed E-state index contributed by atoms with van der Waals surface area (Å²) in [5, 5.41) is 14.0. The number of hydrogen-bond acceptors (Lipinski definition) is 3. The van der Waals surface area contributed by atoms with E-state index in [2.05, 4.69) is 17.2 Å². The van der Waals surface area contributed by atoms with Crippen LogP contribution in [0.2, 0.25) is 5.02 Å². The molecule has 5 N–H and O–H groups in total. The van der Waals surface area contributed by atoms with Gasteiger partial charge in [-0.1, -0.05) is 24.3 Å². The van der Waals surface area contributed by atoms with E-state index in [-0.39, 0.29) is 6.10 Å². The molecule has 0 spiro atoms. The van der Waals surface area contributed by atoms with Crippen molar-refractivity contribution in [2.24, 2.45) is 0 Å². The number of benzene rings is 1. The Morgan fingerprint density at radius 3 is 2.73 bits per heavy atom. The maximum atomic E-state index is 9.17.